The van der Waals surface area contributed by atoms with Crippen LogP contribution in [-0.4, -0.2) is 39.0 Å². The number of aryl methyl sites for hydroxylation is 1. The summed E-state index contributed by atoms with van der Waals surface area (Å²) < 4.78 is 7.29. The normalized spacial score (nSPS) is 11.9. The molecule has 0 aliphatic heterocycles. The number of aromatic nitrogens is 4. The SMILES string of the molecule is CCNC(=NCc1cc(C(C)C)no1)NCCCCn1cnnc1. The van der Waals surface area contributed by atoms with Gasteiger partial charge in [-0.15, -0.1) is 10.2 Å². The van der Waals surface area contributed by atoms with Gasteiger partial charge in [-0.1, -0.05) is 19.0 Å². The van der Waals surface area contributed by atoms with Crippen LogP contribution in [0.15, 0.2) is 28.2 Å². The predicted molar refractivity (Wildman–Crippen MR) is 92.7 cm³/mol. The third-order valence-corrected chi connectivity index (χ3v) is 3.51. The van der Waals surface area contributed by atoms with E-state index in [-0.39, 0.29) is 0 Å². The second-order valence-corrected chi connectivity index (χ2v) is 5.90. The Kier molecular flexibility index (Phi) is 7.25. The van der Waals surface area contributed by atoms with Crippen LogP contribution < -0.4 is 10.6 Å². The van der Waals surface area contributed by atoms with Gasteiger partial charge in [-0.2, -0.15) is 0 Å². The Morgan fingerprint density at radius 1 is 1.25 bits per heavy atom. The highest BCUT2D eigenvalue weighted by Crippen LogP contribution is 2.14. The van der Waals surface area contributed by atoms with E-state index in [2.05, 4.69) is 51.8 Å². The van der Waals surface area contributed by atoms with Gasteiger partial charge >= 0.3 is 0 Å². The largest absolute Gasteiger partial charge is 0.359 e. The maximum Gasteiger partial charge on any atom is 0.191 e. The van der Waals surface area contributed by atoms with Crippen molar-refractivity contribution in [3.8, 4) is 0 Å². The minimum absolute atomic E-state index is 0.364. The van der Waals surface area contributed by atoms with Crippen molar-refractivity contribution in [2.24, 2.45) is 4.99 Å². The van der Waals surface area contributed by atoms with Crippen molar-refractivity contribution < 1.29 is 4.52 Å². The van der Waals surface area contributed by atoms with E-state index in [0.717, 1.165) is 49.9 Å². The summed E-state index contributed by atoms with van der Waals surface area (Å²) in [5, 5.41) is 18.2. The molecule has 8 heteroatoms. The Balaban J connectivity index is 1.73. The molecule has 0 atom stereocenters. The Bertz CT molecular complexity index is 604. The quantitative estimate of drug-likeness (QED) is 0.414. The summed E-state index contributed by atoms with van der Waals surface area (Å²) in [5.74, 6) is 1.94. The predicted octanol–water partition coefficient (Wildman–Crippen LogP) is 1.92. The Morgan fingerprint density at radius 2 is 2.04 bits per heavy atom. The van der Waals surface area contributed by atoms with Crippen molar-refractivity contribution in [1.82, 2.24) is 30.6 Å². The van der Waals surface area contributed by atoms with Crippen LogP contribution in [0.3, 0.4) is 0 Å². The molecule has 0 saturated heterocycles. The number of nitrogens with zero attached hydrogens (tertiary/aromatic N) is 5. The number of guanidine groups is 1. The van der Waals surface area contributed by atoms with Crippen molar-refractivity contribution in [2.45, 2.75) is 52.6 Å². The molecule has 0 amide bonds. The molecule has 2 rings (SSSR count). The number of unbranched alkanes of at least 4 members (excludes halogenated alkanes) is 1. The molecule has 0 radical (unpaired) electrons. The molecule has 0 aliphatic rings. The molecule has 8 nitrogen and oxygen atoms in total. The highest BCUT2D eigenvalue weighted by atomic mass is 16.5. The molecule has 0 aliphatic carbocycles. The number of rotatable bonds is 9. The van der Waals surface area contributed by atoms with Crippen LogP contribution in [0.2, 0.25) is 0 Å². The van der Waals surface area contributed by atoms with Crippen LogP contribution in [0, 0.1) is 0 Å². The van der Waals surface area contributed by atoms with Crippen LogP contribution in [0.4, 0.5) is 0 Å². The van der Waals surface area contributed by atoms with Gasteiger partial charge in [-0.3, -0.25) is 0 Å². The van der Waals surface area contributed by atoms with E-state index in [1.54, 1.807) is 12.7 Å². The lowest BCUT2D eigenvalue weighted by atomic mass is 10.1. The third kappa shape index (κ3) is 6.02. The van der Waals surface area contributed by atoms with Gasteiger partial charge in [-0.05, 0) is 25.7 Å². The second kappa shape index (κ2) is 9.69. The van der Waals surface area contributed by atoms with Crippen molar-refractivity contribution in [3.63, 3.8) is 0 Å². The van der Waals surface area contributed by atoms with Gasteiger partial charge in [0.25, 0.3) is 0 Å². The fourth-order valence-corrected chi connectivity index (χ4v) is 2.14. The average Bonchev–Trinajstić information content (AvgIpc) is 3.23. The molecule has 2 heterocycles. The Labute approximate surface area is 142 Å². The zero-order valence-corrected chi connectivity index (χ0v) is 14.7. The van der Waals surface area contributed by atoms with Gasteiger partial charge in [0.2, 0.25) is 0 Å². The maximum absolute atomic E-state index is 5.31. The summed E-state index contributed by atoms with van der Waals surface area (Å²) in [6, 6.07) is 1.97. The average molecular weight is 333 g/mol. The van der Waals surface area contributed by atoms with E-state index in [1.807, 2.05) is 10.6 Å². The molecule has 2 N–H and O–H groups in total. The summed E-state index contributed by atoms with van der Waals surface area (Å²) in [4.78, 5) is 4.54. The van der Waals surface area contributed by atoms with E-state index >= 15 is 0 Å². The monoisotopic (exact) mass is 333 g/mol. The van der Waals surface area contributed by atoms with Crippen LogP contribution in [-0.2, 0) is 13.1 Å². The highest BCUT2D eigenvalue weighted by Gasteiger charge is 2.07. The van der Waals surface area contributed by atoms with Crippen molar-refractivity contribution in [3.05, 3.63) is 30.2 Å². The number of nitrogens with one attached hydrogen (secondary N) is 2. The highest BCUT2D eigenvalue weighted by molar-refractivity contribution is 5.79. The van der Waals surface area contributed by atoms with Crippen LogP contribution in [0.25, 0.3) is 0 Å². The molecule has 0 unspecified atom stereocenters. The molecule has 2 aromatic rings. The molecule has 0 fully saturated rings. The minimum Gasteiger partial charge on any atom is -0.359 e. The lowest BCUT2D eigenvalue weighted by molar-refractivity contribution is 0.376. The summed E-state index contributed by atoms with van der Waals surface area (Å²) in [6.45, 7) is 9.33. The molecule has 0 bridgehead atoms. The summed E-state index contributed by atoms with van der Waals surface area (Å²) in [6.07, 6.45) is 5.58. The van der Waals surface area contributed by atoms with Gasteiger partial charge in [-0.25, -0.2) is 4.99 Å². The van der Waals surface area contributed by atoms with Crippen molar-refractivity contribution >= 4 is 5.96 Å². The van der Waals surface area contributed by atoms with E-state index in [0.29, 0.717) is 12.5 Å². The number of aliphatic imine (C=N–C) groups is 1. The van der Waals surface area contributed by atoms with Crippen LogP contribution in [0.5, 0.6) is 0 Å². The lowest BCUT2D eigenvalue weighted by Gasteiger charge is -2.10. The molecule has 0 spiro atoms. The first-order valence-corrected chi connectivity index (χ1v) is 8.49. The first kappa shape index (κ1) is 18.0. The van der Waals surface area contributed by atoms with Gasteiger partial charge < -0.3 is 19.7 Å². The number of hydrogen-bond donors (Lipinski definition) is 2. The summed E-state index contributed by atoms with van der Waals surface area (Å²) in [5.41, 5.74) is 0.965. The fraction of sp³-hybridized carbons (Fsp3) is 0.625. The standard InChI is InChI=1S/C16H27N7O/c1-4-17-16(18-7-5-6-8-23-11-20-21-12-23)19-10-14-9-15(13(2)3)22-24-14/h9,11-13H,4-8,10H2,1-3H3,(H2,17,18,19). The zero-order valence-electron chi connectivity index (χ0n) is 14.7. The van der Waals surface area contributed by atoms with Crippen molar-refractivity contribution in [1.29, 1.82) is 0 Å². The van der Waals surface area contributed by atoms with Gasteiger partial charge in [0, 0.05) is 25.7 Å². The minimum atomic E-state index is 0.364. The summed E-state index contributed by atoms with van der Waals surface area (Å²) in [7, 11) is 0. The van der Waals surface area contributed by atoms with Crippen LogP contribution in [0.1, 0.15) is 51.0 Å². The topological polar surface area (TPSA) is 93.2 Å². The zero-order chi connectivity index (χ0) is 17.2. The molecule has 24 heavy (non-hydrogen) atoms. The summed E-state index contributed by atoms with van der Waals surface area (Å²) >= 11 is 0. The second-order valence-electron chi connectivity index (χ2n) is 5.90. The molecule has 0 aromatic carbocycles. The number of hydrogen-bond acceptors (Lipinski definition) is 5. The van der Waals surface area contributed by atoms with Crippen molar-refractivity contribution in [2.75, 3.05) is 13.1 Å². The smallest absolute Gasteiger partial charge is 0.191 e. The van der Waals surface area contributed by atoms with E-state index in [1.165, 1.54) is 0 Å². The van der Waals surface area contributed by atoms with E-state index in [9.17, 15) is 0 Å². The first-order valence-electron chi connectivity index (χ1n) is 8.49. The third-order valence-electron chi connectivity index (χ3n) is 3.51. The maximum atomic E-state index is 5.31. The van der Waals surface area contributed by atoms with E-state index in [4.69, 9.17) is 4.52 Å². The first-order chi connectivity index (χ1) is 11.7. The van der Waals surface area contributed by atoms with Gasteiger partial charge in [0.05, 0.1) is 5.69 Å². The van der Waals surface area contributed by atoms with Crippen LogP contribution >= 0.6 is 0 Å². The Morgan fingerprint density at radius 3 is 2.71 bits per heavy atom. The Hall–Kier alpha value is -2.38. The molecule has 0 saturated carbocycles. The molecular weight excluding hydrogens is 306 g/mol. The molecule has 132 valence electrons. The fourth-order valence-electron chi connectivity index (χ4n) is 2.14. The van der Waals surface area contributed by atoms with E-state index < -0.39 is 0 Å². The molecule has 2 aromatic heterocycles. The van der Waals surface area contributed by atoms with Gasteiger partial charge in [0.15, 0.2) is 11.7 Å². The molecular formula is C16H27N7O. The van der Waals surface area contributed by atoms with Gasteiger partial charge in [0.1, 0.15) is 19.2 Å². The lowest BCUT2D eigenvalue weighted by Crippen LogP contribution is -2.37.